The smallest absolute Gasteiger partial charge is 0.255 e. The van der Waals surface area contributed by atoms with Gasteiger partial charge in [0, 0.05) is 29.9 Å². The van der Waals surface area contributed by atoms with Crippen molar-refractivity contribution >= 4 is 17.4 Å². The molecule has 2 heterocycles. The van der Waals surface area contributed by atoms with E-state index in [1.165, 1.54) is 0 Å². The van der Waals surface area contributed by atoms with E-state index >= 15 is 0 Å². The lowest BCUT2D eigenvalue weighted by molar-refractivity contribution is 0.102. The fourth-order valence-corrected chi connectivity index (χ4v) is 1.81. The Morgan fingerprint density at radius 3 is 2.57 bits per heavy atom. The first kappa shape index (κ1) is 15.0. The summed E-state index contributed by atoms with van der Waals surface area (Å²) in [5, 5.41) is 5.83. The zero-order valence-corrected chi connectivity index (χ0v) is 12.8. The molecule has 2 N–H and O–H groups in total. The highest BCUT2D eigenvalue weighted by Gasteiger charge is 2.19. The van der Waals surface area contributed by atoms with Crippen molar-refractivity contribution in [3.63, 3.8) is 0 Å². The Morgan fingerprint density at radius 1 is 1.24 bits per heavy atom. The molecule has 5 nitrogen and oxygen atoms in total. The van der Waals surface area contributed by atoms with E-state index in [2.05, 4.69) is 41.4 Å². The molecule has 0 atom stereocenters. The van der Waals surface area contributed by atoms with E-state index in [1.54, 1.807) is 37.6 Å². The summed E-state index contributed by atoms with van der Waals surface area (Å²) in [4.78, 5) is 20.9. The number of carbonyl (C=O) groups is 1. The number of hydrogen-bond donors (Lipinski definition) is 2. The lowest BCUT2D eigenvalue weighted by atomic mass is 9.90. The molecule has 21 heavy (non-hydrogen) atoms. The van der Waals surface area contributed by atoms with Gasteiger partial charge in [-0.25, -0.2) is 4.98 Å². The van der Waals surface area contributed by atoms with Crippen LogP contribution in [0, 0.1) is 0 Å². The molecule has 0 unspecified atom stereocenters. The molecule has 0 aliphatic rings. The van der Waals surface area contributed by atoms with Crippen molar-refractivity contribution in [1.29, 1.82) is 0 Å². The van der Waals surface area contributed by atoms with Crippen LogP contribution < -0.4 is 10.6 Å². The Hall–Kier alpha value is -2.43. The Bertz CT molecular complexity index is 632. The number of carbonyl (C=O) groups excluding carboxylic acids is 1. The molecule has 0 spiro atoms. The van der Waals surface area contributed by atoms with E-state index in [1.807, 2.05) is 6.07 Å². The normalized spacial score (nSPS) is 11.0. The molecule has 0 fully saturated rings. The standard InChI is InChI=1S/C16H20N4O/c1-16(2,3)13-8-11(9-14(17-4)20-13)15(21)19-12-6-5-7-18-10-12/h5-10H,1-4H3,(H,17,20)(H,19,21). The first-order valence-corrected chi connectivity index (χ1v) is 6.82. The highest BCUT2D eigenvalue weighted by Crippen LogP contribution is 2.23. The van der Waals surface area contributed by atoms with Crippen LogP contribution >= 0.6 is 0 Å². The van der Waals surface area contributed by atoms with Crippen molar-refractivity contribution in [2.45, 2.75) is 26.2 Å². The summed E-state index contributed by atoms with van der Waals surface area (Å²) < 4.78 is 0. The quantitative estimate of drug-likeness (QED) is 0.909. The summed E-state index contributed by atoms with van der Waals surface area (Å²) in [6, 6.07) is 7.14. The number of anilines is 2. The van der Waals surface area contributed by atoms with Crippen molar-refractivity contribution in [2.24, 2.45) is 0 Å². The largest absolute Gasteiger partial charge is 0.373 e. The molecule has 0 aromatic carbocycles. The van der Waals surface area contributed by atoms with Gasteiger partial charge in [-0.1, -0.05) is 20.8 Å². The lowest BCUT2D eigenvalue weighted by Gasteiger charge is -2.19. The summed E-state index contributed by atoms with van der Waals surface area (Å²) >= 11 is 0. The molecule has 0 aliphatic carbocycles. The first-order valence-electron chi connectivity index (χ1n) is 6.82. The summed E-state index contributed by atoms with van der Waals surface area (Å²) in [5.74, 6) is 0.506. The van der Waals surface area contributed by atoms with Crippen molar-refractivity contribution in [2.75, 3.05) is 17.7 Å². The number of rotatable bonds is 3. The van der Waals surface area contributed by atoms with Gasteiger partial charge < -0.3 is 10.6 Å². The van der Waals surface area contributed by atoms with E-state index in [4.69, 9.17) is 0 Å². The number of nitrogens with zero attached hydrogens (tertiary/aromatic N) is 2. The Kier molecular flexibility index (Phi) is 4.21. The van der Waals surface area contributed by atoms with Gasteiger partial charge in [-0.15, -0.1) is 0 Å². The van der Waals surface area contributed by atoms with Gasteiger partial charge in [0.1, 0.15) is 5.82 Å². The molecule has 0 aliphatic heterocycles. The summed E-state index contributed by atoms with van der Waals surface area (Å²) in [5.41, 5.74) is 1.98. The lowest BCUT2D eigenvalue weighted by Crippen LogP contribution is -2.18. The minimum Gasteiger partial charge on any atom is -0.373 e. The molecule has 0 bridgehead atoms. The Balaban J connectivity index is 2.32. The van der Waals surface area contributed by atoms with Gasteiger partial charge in [0.25, 0.3) is 5.91 Å². The third kappa shape index (κ3) is 3.78. The molecular formula is C16H20N4O. The predicted molar refractivity (Wildman–Crippen MR) is 84.7 cm³/mol. The van der Waals surface area contributed by atoms with E-state index < -0.39 is 0 Å². The molecule has 2 aromatic rings. The van der Waals surface area contributed by atoms with Crippen molar-refractivity contribution in [1.82, 2.24) is 9.97 Å². The second-order valence-corrected chi connectivity index (χ2v) is 5.82. The number of amides is 1. The summed E-state index contributed by atoms with van der Waals surface area (Å²) in [7, 11) is 1.79. The second-order valence-electron chi connectivity index (χ2n) is 5.82. The van der Waals surface area contributed by atoms with Crippen LogP contribution in [0.5, 0.6) is 0 Å². The van der Waals surface area contributed by atoms with Gasteiger partial charge in [0.05, 0.1) is 11.9 Å². The van der Waals surface area contributed by atoms with Gasteiger partial charge >= 0.3 is 0 Å². The average Bonchev–Trinajstić information content (AvgIpc) is 2.46. The topological polar surface area (TPSA) is 66.9 Å². The monoisotopic (exact) mass is 284 g/mol. The van der Waals surface area contributed by atoms with Crippen LogP contribution in [0.4, 0.5) is 11.5 Å². The van der Waals surface area contributed by atoms with Crippen LogP contribution in [0.25, 0.3) is 0 Å². The number of aromatic nitrogens is 2. The zero-order valence-electron chi connectivity index (χ0n) is 12.8. The van der Waals surface area contributed by atoms with Crippen LogP contribution in [0.3, 0.4) is 0 Å². The number of nitrogens with one attached hydrogen (secondary N) is 2. The van der Waals surface area contributed by atoms with Crippen LogP contribution in [-0.4, -0.2) is 22.9 Å². The van der Waals surface area contributed by atoms with Crippen molar-refractivity contribution < 1.29 is 4.79 Å². The molecule has 0 saturated carbocycles. The maximum atomic E-state index is 12.4. The van der Waals surface area contributed by atoms with Crippen molar-refractivity contribution in [3.8, 4) is 0 Å². The SMILES string of the molecule is CNc1cc(C(=O)Nc2cccnc2)cc(C(C)(C)C)n1. The molecule has 2 aromatic heterocycles. The third-order valence-corrected chi connectivity index (χ3v) is 3.03. The van der Waals surface area contributed by atoms with Gasteiger partial charge in [0.2, 0.25) is 0 Å². The number of hydrogen-bond acceptors (Lipinski definition) is 4. The zero-order chi connectivity index (χ0) is 15.5. The Morgan fingerprint density at radius 2 is 2.00 bits per heavy atom. The van der Waals surface area contributed by atoms with Crippen LogP contribution in [0.1, 0.15) is 36.8 Å². The summed E-state index contributed by atoms with van der Waals surface area (Å²) in [6.07, 6.45) is 3.28. The minimum absolute atomic E-state index is 0.129. The molecule has 0 saturated heterocycles. The second kappa shape index (κ2) is 5.91. The molecule has 2 rings (SSSR count). The maximum absolute atomic E-state index is 12.4. The van der Waals surface area contributed by atoms with Crippen LogP contribution in [0.2, 0.25) is 0 Å². The maximum Gasteiger partial charge on any atom is 0.255 e. The molecule has 0 radical (unpaired) electrons. The highest BCUT2D eigenvalue weighted by molar-refractivity contribution is 6.04. The van der Waals surface area contributed by atoms with E-state index in [-0.39, 0.29) is 11.3 Å². The Labute approximate surface area is 124 Å². The van der Waals surface area contributed by atoms with Gasteiger partial charge in [-0.2, -0.15) is 0 Å². The third-order valence-electron chi connectivity index (χ3n) is 3.03. The first-order chi connectivity index (χ1) is 9.90. The van der Waals surface area contributed by atoms with E-state index in [9.17, 15) is 4.79 Å². The fraction of sp³-hybridized carbons (Fsp3) is 0.312. The van der Waals surface area contributed by atoms with E-state index in [0.29, 0.717) is 17.1 Å². The number of pyridine rings is 2. The van der Waals surface area contributed by atoms with Gasteiger partial charge in [-0.05, 0) is 24.3 Å². The molecule has 1 amide bonds. The highest BCUT2D eigenvalue weighted by atomic mass is 16.1. The van der Waals surface area contributed by atoms with Crippen molar-refractivity contribution in [3.05, 3.63) is 47.9 Å². The summed E-state index contributed by atoms with van der Waals surface area (Å²) in [6.45, 7) is 6.20. The fourth-order valence-electron chi connectivity index (χ4n) is 1.81. The molecule has 110 valence electrons. The van der Waals surface area contributed by atoms with Gasteiger partial charge in [0.15, 0.2) is 0 Å². The van der Waals surface area contributed by atoms with Crippen LogP contribution in [0.15, 0.2) is 36.7 Å². The van der Waals surface area contributed by atoms with Crippen LogP contribution in [-0.2, 0) is 5.41 Å². The predicted octanol–water partition coefficient (Wildman–Crippen LogP) is 3.07. The van der Waals surface area contributed by atoms with Gasteiger partial charge in [-0.3, -0.25) is 9.78 Å². The molecular weight excluding hydrogens is 264 g/mol. The minimum atomic E-state index is -0.174. The molecule has 5 heteroatoms. The average molecular weight is 284 g/mol. The van der Waals surface area contributed by atoms with E-state index in [0.717, 1.165) is 5.69 Å².